The number of aromatic nitrogens is 3. The Morgan fingerprint density at radius 2 is 2.00 bits per heavy atom. The Balaban J connectivity index is 2.23. The number of hydrogen-bond acceptors (Lipinski definition) is 4. The van der Waals surface area contributed by atoms with Gasteiger partial charge in [0.2, 0.25) is 0 Å². The van der Waals surface area contributed by atoms with Crippen LogP contribution in [0.15, 0.2) is 36.5 Å². The molecular formula is C15H15N3O2. The number of fused-ring (bicyclic) bond motifs is 1. The van der Waals surface area contributed by atoms with E-state index in [0.717, 1.165) is 35.5 Å². The number of aromatic hydroxyl groups is 2. The largest absolute Gasteiger partial charge is 0.504 e. The molecule has 0 amide bonds. The highest BCUT2D eigenvalue weighted by atomic mass is 16.3. The number of hydrogen-bond donors (Lipinski definition) is 2. The van der Waals surface area contributed by atoms with Gasteiger partial charge >= 0.3 is 0 Å². The first-order chi connectivity index (χ1) is 9.70. The summed E-state index contributed by atoms with van der Waals surface area (Å²) in [5, 5.41) is 19.1. The van der Waals surface area contributed by atoms with E-state index in [2.05, 4.69) is 16.9 Å². The van der Waals surface area contributed by atoms with Gasteiger partial charge in [-0.05, 0) is 36.8 Å². The van der Waals surface area contributed by atoms with Crippen molar-refractivity contribution in [3.05, 3.63) is 36.5 Å². The molecule has 5 nitrogen and oxygen atoms in total. The molecule has 5 heteroatoms. The molecule has 0 saturated heterocycles. The summed E-state index contributed by atoms with van der Waals surface area (Å²) in [6.07, 6.45) is 2.70. The SMILES string of the molecule is CCCn1c(-c2ccc(O)c(O)c2)nc2cccnc21. The van der Waals surface area contributed by atoms with E-state index in [1.54, 1.807) is 12.3 Å². The molecule has 0 radical (unpaired) electrons. The van der Waals surface area contributed by atoms with Crippen molar-refractivity contribution in [1.29, 1.82) is 0 Å². The lowest BCUT2D eigenvalue weighted by atomic mass is 10.2. The molecule has 102 valence electrons. The summed E-state index contributed by atoms with van der Waals surface area (Å²) < 4.78 is 2.03. The van der Waals surface area contributed by atoms with E-state index >= 15 is 0 Å². The highest BCUT2D eigenvalue weighted by Gasteiger charge is 2.14. The van der Waals surface area contributed by atoms with E-state index in [0.29, 0.717) is 0 Å². The Hall–Kier alpha value is -2.56. The van der Waals surface area contributed by atoms with Gasteiger partial charge in [0.1, 0.15) is 11.3 Å². The Bertz CT molecular complexity index is 765. The Morgan fingerprint density at radius 3 is 2.75 bits per heavy atom. The van der Waals surface area contributed by atoms with Crippen LogP contribution in [0.2, 0.25) is 0 Å². The van der Waals surface area contributed by atoms with Crippen molar-refractivity contribution in [3.8, 4) is 22.9 Å². The third-order valence-electron chi connectivity index (χ3n) is 3.18. The van der Waals surface area contributed by atoms with Gasteiger partial charge in [-0.1, -0.05) is 6.92 Å². The molecule has 0 atom stereocenters. The lowest BCUT2D eigenvalue weighted by Gasteiger charge is -2.07. The molecule has 2 heterocycles. The second-order valence-corrected chi connectivity index (χ2v) is 4.64. The molecule has 3 rings (SSSR count). The minimum atomic E-state index is -0.148. The monoisotopic (exact) mass is 269 g/mol. The van der Waals surface area contributed by atoms with Gasteiger partial charge in [0.15, 0.2) is 17.1 Å². The van der Waals surface area contributed by atoms with Crippen molar-refractivity contribution in [2.24, 2.45) is 0 Å². The molecule has 0 spiro atoms. The predicted octanol–water partition coefficient (Wildman–Crippen LogP) is 2.92. The van der Waals surface area contributed by atoms with Crippen molar-refractivity contribution >= 4 is 11.2 Å². The topological polar surface area (TPSA) is 71.2 Å². The smallest absolute Gasteiger partial charge is 0.160 e. The molecule has 1 aromatic carbocycles. The van der Waals surface area contributed by atoms with Crippen molar-refractivity contribution < 1.29 is 10.2 Å². The molecule has 0 aliphatic carbocycles. The normalized spacial score (nSPS) is 11.1. The van der Waals surface area contributed by atoms with Crippen LogP contribution in [0.3, 0.4) is 0 Å². The lowest BCUT2D eigenvalue weighted by molar-refractivity contribution is 0.404. The van der Waals surface area contributed by atoms with Crippen LogP contribution in [0.4, 0.5) is 0 Å². The van der Waals surface area contributed by atoms with E-state index < -0.39 is 0 Å². The first-order valence-corrected chi connectivity index (χ1v) is 6.54. The quantitative estimate of drug-likeness (QED) is 0.717. The molecule has 0 fully saturated rings. The van der Waals surface area contributed by atoms with E-state index in [9.17, 15) is 10.2 Å². The third kappa shape index (κ3) is 1.97. The summed E-state index contributed by atoms with van der Waals surface area (Å²) in [4.78, 5) is 8.95. The number of benzene rings is 1. The van der Waals surface area contributed by atoms with Gasteiger partial charge in [0.25, 0.3) is 0 Å². The second-order valence-electron chi connectivity index (χ2n) is 4.64. The van der Waals surface area contributed by atoms with Gasteiger partial charge in [-0.25, -0.2) is 9.97 Å². The number of imidazole rings is 1. The summed E-state index contributed by atoms with van der Waals surface area (Å²) >= 11 is 0. The fourth-order valence-corrected chi connectivity index (χ4v) is 2.28. The molecule has 0 unspecified atom stereocenters. The minimum absolute atomic E-state index is 0.134. The van der Waals surface area contributed by atoms with Crippen LogP contribution in [0.1, 0.15) is 13.3 Å². The fraction of sp³-hybridized carbons (Fsp3) is 0.200. The molecule has 0 saturated carbocycles. The standard InChI is InChI=1S/C15H15N3O2/c1-2-8-18-14(10-5-6-12(19)13(20)9-10)17-11-4-3-7-16-15(11)18/h3-7,9,19-20H,2,8H2,1H3. The van der Waals surface area contributed by atoms with Gasteiger partial charge < -0.3 is 14.8 Å². The van der Waals surface area contributed by atoms with Crippen LogP contribution in [0.5, 0.6) is 11.5 Å². The third-order valence-corrected chi connectivity index (χ3v) is 3.18. The summed E-state index contributed by atoms with van der Waals surface area (Å²) in [5.74, 6) is 0.464. The minimum Gasteiger partial charge on any atom is -0.504 e. The average molecular weight is 269 g/mol. The maximum absolute atomic E-state index is 9.65. The Labute approximate surface area is 116 Å². The van der Waals surface area contributed by atoms with Crippen molar-refractivity contribution in [3.63, 3.8) is 0 Å². The van der Waals surface area contributed by atoms with Crippen molar-refractivity contribution in [1.82, 2.24) is 14.5 Å². The van der Waals surface area contributed by atoms with Gasteiger partial charge in [-0.3, -0.25) is 0 Å². The molecular weight excluding hydrogens is 254 g/mol. The first kappa shape index (κ1) is 12.5. The summed E-state index contributed by atoms with van der Waals surface area (Å²) in [6.45, 7) is 2.89. The summed E-state index contributed by atoms with van der Waals surface area (Å²) in [7, 11) is 0. The van der Waals surface area contributed by atoms with Gasteiger partial charge in [-0.2, -0.15) is 0 Å². The van der Waals surface area contributed by atoms with Gasteiger partial charge in [0, 0.05) is 18.3 Å². The molecule has 3 aromatic rings. The zero-order valence-electron chi connectivity index (χ0n) is 11.1. The fourth-order valence-electron chi connectivity index (χ4n) is 2.28. The highest BCUT2D eigenvalue weighted by molar-refractivity contribution is 5.77. The zero-order valence-corrected chi connectivity index (χ0v) is 11.1. The number of aryl methyl sites for hydroxylation is 1. The van der Waals surface area contributed by atoms with Crippen LogP contribution < -0.4 is 0 Å². The zero-order chi connectivity index (χ0) is 14.1. The molecule has 2 N–H and O–H groups in total. The van der Waals surface area contributed by atoms with Crippen molar-refractivity contribution in [2.75, 3.05) is 0 Å². The van der Waals surface area contributed by atoms with Crippen LogP contribution in [0.25, 0.3) is 22.6 Å². The number of phenols is 2. The van der Waals surface area contributed by atoms with E-state index in [4.69, 9.17) is 0 Å². The van der Waals surface area contributed by atoms with E-state index in [1.165, 1.54) is 12.1 Å². The molecule has 2 aromatic heterocycles. The Morgan fingerprint density at radius 1 is 1.15 bits per heavy atom. The molecule has 0 aliphatic heterocycles. The Kier molecular flexibility index (Phi) is 3.02. The second kappa shape index (κ2) is 4.85. The molecule has 20 heavy (non-hydrogen) atoms. The van der Waals surface area contributed by atoms with E-state index in [1.807, 2.05) is 16.7 Å². The maximum Gasteiger partial charge on any atom is 0.160 e. The maximum atomic E-state index is 9.65. The van der Waals surface area contributed by atoms with Crippen LogP contribution in [0, 0.1) is 0 Å². The average Bonchev–Trinajstić information content (AvgIpc) is 2.82. The number of phenolic OH excluding ortho intramolecular Hbond substituents is 2. The number of rotatable bonds is 3. The number of pyridine rings is 1. The van der Waals surface area contributed by atoms with Crippen LogP contribution in [-0.4, -0.2) is 24.7 Å². The van der Waals surface area contributed by atoms with Gasteiger partial charge in [0.05, 0.1) is 0 Å². The van der Waals surface area contributed by atoms with Crippen LogP contribution in [-0.2, 0) is 6.54 Å². The molecule has 0 aliphatic rings. The predicted molar refractivity (Wildman–Crippen MR) is 76.6 cm³/mol. The van der Waals surface area contributed by atoms with Gasteiger partial charge in [-0.15, -0.1) is 0 Å². The number of nitrogens with zero attached hydrogens (tertiary/aromatic N) is 3. The summed E-state index contributed by atoms with van der Waals surface area (Å²) in [5.41, 5.74) is 2.41. The van der Waals surface area contributed by atoms with Crippen LogP contribution >= 0.6 is 0 Å². The summed E-state index contributed by atoms with van der Waals surface area (Å²) in [6, 6.07) is 8.49. The first-order valence-electron chi connectivity index (χ1n) is 6.54. The highest BCUT2D eigenvalue weighted by Crippen LogP contribution is 2.31. The van der Waals surface area contributed by atoms with Crippen molar-refractivity contribution in [2.45, 2.75) is 19.9 Å². The van der Waals surface area contributed by atoms with E-state index in [-0.39, 0.29) is 11.5 Å². The lowest BCUT2D eigenvalue weighted by Crippen LogP contribution is -2.00. The molecule has 0 bridgehead atoms.